The fourth-order valence-corrected chi connectivity index (χ4v) is 2.89. The van der Waals surface area contributed by atoms with E-state index in [1.165, 1.54) is 24.0 Å². The number of nitrogens with zero attached hydrogens (tertiary/aromatic N) is 2. The molecule has 0 spiro atoms. The van der Waals surface area contributed by atoms with Crippen LogP contribution in [0.5, 0.6) is 0 Å². The summed E-state index contributed by atoms with van der Waals surface area (Å²) in [5.74, 6) is 1.83. The van der Waals surface area contributed by atoms with Crippen LogP contribution in [-0.2, 0) is 0 Å². The molecule has 1 fully saturated rings. The van der Waals surface area contributed by atoms with Crippen LogP contribution in [0.1, 0.15) is 35.6 Å². The van der Waals surface area contributed by atoms with Gasteiger partial charge in [-0.1, -0.05) is 18.2 Å². The zero-order chi connectivity index (χ0) is 13.6. The lowest BCUT2D eigenvalue weighted by atomic mass is 10.0. The van der Waals surface area contributed by atoms with Gasteiger partial charge in [0, 0.05) is 11.5 Å². The first-order valence-corrected chi connectivity index (χ1v) is 7.26. The summed E-state index contributed by atoms with van der Waals surface area (Å²) < 4.78 is 0.866. The molecule has 0 saturated heterocycles. The number of aromatic nitrogens is 2. The molecule has 0 atom stereocenters. The van der Waals surface area contributed by atoms with E-state index in [2.05, 4.69) is 53.0 Å². The van der Waals surface area contributed by atoms with Crippen LogP contribution in [0.4, 0.5) is 5.82 Å². The summed E-state index contributed by atoms with van der Waals surface area (Å²) in [5, 5.41) is 0. The highest BCUT2D eigenvalue weighted by Gasteiger charge is 2.29. The van der Waals surface area contributed by atoms with Gasteiger partial charge in [0.05, 0.1) is 10.2 Å². The molecule has 1 heterocycles. The molecular formula is C15H16BrN3. The highest BCUT2D eigenvalue weighted by atomic mass is 79.9. The SMILES string of the molecule is Cc1cccc(C)c1-c1nc(N)c(Br)c(C2CC2)n1. The zero-order valence-electron chi connectivity index (χ0n) is 11.1. The van der Waals surface area contributed by atoms with Crippen LogP contribution < -0.4 is 5.73 Å². The van der Waals surface area contributed by atoms with Gasteiger partial charge in [-0.2, -0.15) is 0 Å². The van der Waals surface area contributed by atoms with Crippen LogP contribution in [0.3, 0.4) is 0 Å². The molecule has 2 aromatic rings. The number of halogens is 1. The van der Waals surface area contributed by atoms with Crippen LogP contribution in [-0.4, -0.2) is 9.97 Å². The van der Waals surface area contributed by atoms with Gasteiger partial charge in [-0.05, 0) is 53.7 Å². The van der Waals surface area contributed by atoms with Crippen LogP contribution in [0.25, 0.3) is 11.4 Å². The van der Waals surface area contributed by atoms with Crippen molar-refractivity contribution in [3.8, 4) is 11.4 Å². The molecule has 1 aliphatic carbocycles. The second-order valence-electron chi connectivity index (χ2n) is 5.17. The lowest BCUT2D eigenvalue weighted by molar-refractivity contribution is 0.981. The largest absolute Gasteiger partial charge is 0.383 e. The predicted octanol–water partition coefficient (Wildman–Crippen LogP) is 3.98. The Bertz CT molecular complexity index is 628. The summed E-state index contributed by atoms with van der Waals surface area (Å²) in [4.78, 5) is 9.20. The maximum absolute atomic E-state index is 6.03. The molecule has 2 N–H and O–H groups in total. The fraction of sp³-hybridized carbons (Fsp3) is 0.333. The zero-order valence-corrected chi connectivity index (χ0v) is 12.7. The summed E-state index contributed by atoms with van der Waals surface area (Å²) in [6, 6.07) is 6.22. The van der Waals surface area contributed by atoms with E-state index in [1.807, 2.05) is 0 Å². The third-order valence-corrected chi connectivity index (χ3v) is 4.38. The normalized spacial score (nSPS) is 14.7. The van der Waals surface area contributed by atoms with E-state index in [4.69, 9.17) is 10.7 Å². The van der Waals surface area contributed by atoms with Crippen molar-refractivity contribution in [1.29, 1.82) is 0 Å². The van der Waals surface area contributed by atoms with E-state index in [1.54, 1.807) is 0 Å². The topological polar surface area (TPSA) is 51.8 Å². The summed E-state index contributed by atoms with van der Waals surface area (Å²) in [5.41, 5.74) is 10.6. The lowest BCUT2D eigenvalue weighted by Crippen LogP contribution is -2.03. The van der Waals surface area contributed by atoms with Crippen molar-refractivity contribution in [1.82, 2.24) is 9.97 Å². The van der Waals surface area contributed by atoms with Crippen molar-refractivity contribution in [2.75, 3.05) is 5.73 Å². The Labute approximate surface area is 121 Å². The Morgan fingerprint density at radius 1 is 1.16 bits per heavy atom. The van der Waals surface area contributed by atoms with Gasteiger partial charge in [-0.3, -0.25) is 0 Å². The third-order valence-electron chi connectivity index (χ3n) is 3.57. The number of hydrogen-bond donors (Lipinski definition) is 1. The Morgan fingerprint density at radius 3 is 2.37 bits per heavy atom. The number of nitrogens with two attached hydrogens (primary N) is 1. The van der Waals surface area contributed by atoms with Crippen molar-refractivity contribution >= 4 is 21.7 Å². The number of benzene rings is 1. The van der Waals surface area contributed by atoms with Crippen LogP contribution in [0.15, 0.2) is 22.7 Å². The molecule has 0 amide bonds. The summed E-state index contributed by atoms with van der Waals surface area (Å²) >= 11 is 3.51. The van der Waals surface area contributed by atoms with E-state index in [0.717, 1.165) is 21.6 Å². The minimum atomic E-state index is 0.537. The minimum Gasteiger partial charge on any atom is -0.383 e. The number of aryl methyl sites for hydroxylation is 2. The first kappa shape index (κ1) is 12.6. The van der Waals surface area contributed by atoms with Gasteiger partial charge in [0.15, 0.2) is 5.82 Å². The quantitative estimate of drug-likeness (QED) is 0.911. The molecule has 1 aromatic heterocycles. The molecule has 3 nitrogen and oxygen atoms in total. The standard InChI is InChI=1S/C15H16BrN3/c1-8-4-3-5-9(2)11(8)15-18-13(10-6-7-10)12(16)14(17)19-15/h3-5,10H,6-7H2,1-2H3,(H2,17,18,19). The molecule has 1 saturated carbocycles. The highest BCUT2D eigenvalue weighted by Crippen LogP contribution is 2.44. The average molecular weight is 318 g/mol. The highest BCUT2D eigenvalue weighted by molar-refractivity contribution is 9.10. The average Bonchev–Trinajstić information content (AvgIpc) is 3.17. The summed E-state index contributed by atoms with van der Waals surface area (Å²) in [7, 11) is 0. The van der Waals surface area contributed by atoms with Gasteiger partial charge >= 0.3 is 0 Å². The van der Waals surface area contributed by atoms with Gasteiger partial charge in [-0.15, -0.1) is 0 Å². The van der Waals surface area contributed by atoms with Crippen LogP contribution in [0, 0.1) is 13.8 Å². The lowest BCUT2D eigenvalue weighted by Gasteiger charge is -2.12. The van der Waals surface area contributed by atoms with Gasteiger partial charge in [0.25, 0.3) is 0 Å². The fourth-order valence-electron chi connectivity index (χ4n) is 2.39. The Morgan fingerprint density at radius 2 is 1.79 bits per heavy atom. The van der Waals surface area contributed by atoms with Crippen molar-refractivity contribution in [3.63, 3.8) is 0 Å². The van der Waals surface area contributed by atoms with Gasteiger partial charge in [-0.25, -0.2) is 9.97 Å². The second kappa shape index (κ2) is 4.60. The first-order chi connectivity index (χ1) is 9.08. The maximum atomic E-state index is 6.03. The van der Waals surface area contributed by atoms with Crippen molar-refractivity contribution in [2.24, 2.45) is 0 Å². The van der Waals surface area contributed by atoms with Crippen LogP contribution >= 0.6 is 15.9 Å². The molecule has 0 unspecified atom stereocenters. The number of rotatable bonds is 2. The monoisotopic (exact) mass is 317 g/mol. The van der Waals surface area contributed by atoms with Gasteiger partial charge in [0.2, 0.25) is 0 Å². The third kappa shape index (κ3) is 2.25. The van der Waals surface area contributed by atoms with E-state index in [0.29, 0.717) is 11.7 Å². The summed E-state index contributed by atoms with van der Waals surface area (Å²) in [6.07, 6.45) is 2.39. The molecular weight excluding hydrogens is 302 g/mol. The number of anilines is 1. The molecule has 0 radical (unpaired) electrons. The molecule has 19 heavy (non-hydrogen) atoms. The van der Waals surface area contributed by atoms with E-state index >= 15 is 0 Å². The van der Waals surface area contributed by atoms with E-state index in [9.17, 15) is 0 Å². The van der Waals surface area contributed by atoms with Crippen molar-refractivity contribution in [2.45, 2.75) is 32.6 Å². The minimum absolute atomic E-state index is 0.537. The van der Waals surface area contributed by atoms with Crippen molar-refractivity contribution < 1.29 is 0 Å². The van der Waals surface area contributed by atoms with E-state index < -0.39 is 0 Å². The molecule has 0 bridgehead atoms. The summed E-state index contributed by atoms with van der Waals surface area (Å²) in [6.45, 7) is 4.17. The Balaban J connectivity index is 2.20. The smallest absolute Gasteiger partial charge is 0.162 e. The maximum Gasteiger partial charge on any atom is 0.162 e. The van der Waals surface area contributed by atoms with Gasteiger partial charge < -0.3 is 5.73 Å². The molecule has 1 aliphatic rings. The first-order valence-electron chi connectivity index (χ1n) is 6.47. The second-order valence-corrected chi connectivity index (χ2v) is 5.97. The van der Waals surface area contributed by atoms with Crippen LogP contribution in [0.2, 0.25) is 0 Å². The van der Waals surface area contributed by atoms with Crippen molar-refractivity contribution in [3.05, 3.63) is 39.5 Å². The van der Waals surface area contributed by atoms with E-state index in [-0.39, 0.29) is 0 Å². The number of hydrogen-bond acceptors (Lipinski definition) is 3. The number of nitrogen functional groups attached to an aromatic ring is 1. The Hall–Kier alpha value is -1.42. The molecule has 4 heteroatoms. The van der Waals surface area contributed by atoms with Gasteiger partial charge in [0.1, 0.15) is 5.82 Å². The molecule has 98 valence electrons. The molecule has 3 rings (SSSR count). The predicted molar refractivity (Wildman–Crippen MR) is 81.0 cm³/mol. The molecule has 0 aliphatic heterocycles. The Kier molecular flexibility index (Phi) is 3.05. The molecule has 1 aromatic carbocycles.